The van der Waals surface area contributed by atoms with Crippen LogP contribution in [-0.4, -0.2) is 18.6 Å². The summed E-state index contributed by atoms with van der Waals surface area (Å²) >= 11 is 5.61. The number of halogens is 2. The maximum absolute atomic E-state index is 12.9. The molecule has 0 heterocycles. The summed E-state index contributed by atoms with van der Waals surface area (Å²) in [4.78, 5) is 11.3. The van der Waals surface area contributed by atoms with Crippen molar-refractivity contribution in [3.63, 3.8) is 0 Å². The highest BCUT2D eigenvalue weighted by molar-refractivity contribution is 6.30. The van der Waals surface area contributed by atoms with Gasteiger partial charge in [-0.15, -0.1) is 0 Å². The monoisotopic (exact) mass is 257 g/mol. The van der Waals surface area contributed by atoms with E-state index in [9.17, 15) is 9.18 Å². The molecular formula is C12H13ClFNO2. The molecular weight excluding hydrogens is 245 g/mol. The molecule has 92 valence electrons. The number of carbonyl (C=O) groups is 1. The second kappa shape index (κ2) is 5.47. The van der Waals surface area contributed by atoms with E-state index < -0.39 is 5.82 Å². The third-order valence-corrected chi connectivity index (χ3v) is 2.79. The first-order valence-electron chi connectivity index (χ1n) is 5.48. The van der Waals surface area contributed by atoms with Gasteiger partial charge < -0.3 is 10.1 Å². The zero-order valence-corrected chi connectivity index (χ0v) is 9.97. The van der Waals surface area contributed by atoms with Crippen molar-refractivity contribution >= 4 is 17.6 Å². The van der Waals surface area contributed by atoms with Crippen LogP contribution in [0.3, 0.4) is 0 Å². The highest BCUT2D eigenvalue weighted by atomic mass is 35.5. The quantitative estimate of drug-likeness (QED) is 0.823. The molecule has 5 heteroatoms. The molecule has 1 aromatic carbocycles. The molecule has 1 aromatic rings. The van der Waals surface area contributed by atoms with Crippen molar-refractivity contribution in [3.05, 3.63) is 34.6 Å². The SMILES string of the molecule is O=C(CNC1CC1)OCc1ccc(F)c(Cl)c1. The lowest BCUT2D eigenvalue weighted by molar-refractivity contribution is -0.143. The van der Waals surface area contributed by atoms with E-state index in [0.717, 1.165) is 12.8 Å². The fraction of sp³-hybridized carbons (Fsp3) is 0.417. The van der Waals surface area contributed by atoms with Gasteiger partial charge in [0.25, 0.3) is 0 Å². The Morgan fingerprint density at radius 1 is 1.53 bits per heavy atom. The van der Waals surface area contributed by atoms with Gasteiger partial charge in [-0.05, 0) is 30.5 Å². The predicted molar refractivity (Wildman–Crippen MR) is 62.2 cm³/mol. The first-order valence-corrected chi connectivity index (χ1v) is 5.86. The summed E-state index contributed by atoms with van der Waals surface area (Å²) in [5.74, 6) is -0.783. The van der Waals surface area contributed by atoms with Crippen LogP contribution in [-0.2, 0) is 16.1 Å². The second-order valence-corrected chi connectivity index (χ2v) is 4.47. The summed E-state index contributed by atoms with van der Waals surface area (Å²) in [6.07, 6.45) is 2.25. The minimum Gasteiger partial charge on any atom is -0.460 e. The molecule has 0 saturated heterocycles. The molecule has 17 heavy (non-hydrogen) atoms. The molecule has 1 fully saturated rings. The van der Waals surface area contributed by atoms with Crippen molar-refractivity contribution in [2.45, 2.75) is 25.5 Å². The highest BCUT2D eigenvalue weighted by Crippen LogP contribution is 2.18. The van der Waals surface area contributed by atoms with Crippen molar-refractivity contribution in [1.29, 1.82) is 0 Å². The number of hydrogen-bond acceptors (Lipinski definition) is 3. The number of nitrogens with one attached hydrogen (secondary N) is 1. The van der Waals surface area contributed by atoms with Crippen molar-refractivity contribution in [3.8, 4) is 0 Å². The number of hydrogen-bond donors (Lipinski definition) is 1. The van der Waals surface area contributed by atoms with E-state index in [4.69, 9.17) is 16.3 Å². The first kappa shape index (κ1) is 12.3. The van der Waals surface area contributed by atoms with Crippen LogP contribution in [0.25, 0.3) is 0 Å². The Kier molecular flexibility index (Phi) is 3.97. The largest absolute Gasteiger partial charge is 0.460 e. The third kappa shape index (κ3) is 3.98. The van der Waals surface area contributed by atoms with Crippen molar-refractivity contribution < 1.29 is 13.9 Å². The van der Waals surface area contributed by atoms with E-state index in [1.54, 1.807) is 6.07 Å². The average Bonchev–Trinajstić information content (AvgIpc) is 3.12. The van der Waals surface area contributed by atoms with Crippen LogP contribution in [0.1, 0.15) is 18.4 Å². The molecule has 0 atom stereocenters. The van der Waals surface area contributed by atoms with E-state index in [1.165, 1.54) is 12.1 Å². The zero-order chi connectivity index (χ0) is 12.3. The summed E-state index contributed by atoms with van der Waals surface area (Å²) in [7, 11) is 0. The van der Waals surface area contributed by atoms with Gasteiger partial charge in [-0.3, -0.25) is 4.79 Å². The van der Waals surface area contributed by atoms with E-state index >= 15 is 0 Å². The Balaban J connectivity index is 1.75. The first-order chi connectivity index (χ1) is 8.15. The third-order valence-electron chi connectivity index (χ3n) is 2.50. The van der Waals surface area contributed by atoms with Gasteiger partial charge in [0, 0.05) is 6.04 Å². The molecule has 0 spiro atoms. The number of rotatable bonds is 5. The molecule has 3 nitrogen and oxygen atoms in total. The molecule has 1 saturated carbocycles. The molecule has 0 amide bonds. The minimum absolute atomic E-state index is 0.0367. The number of benzene rings is 1. The van der Waals surface area contributed by atoms with E-state index in [0.29, 0.717) is 11.6 Å². The molecule has 0 unspecified atom stereocenters. The normalized spacial score (nSPS) is 14.7. The van der Waals surface area contributed by atoms with Crippen LogP contribution in [0.2, 0.25) is 5.02 Å². The van der Waals surface area contributed by atoms with E-state index in [1.807, 2.05) is 0 Å². The Morgan fingerprint density at radius 3 is 2.94 bits per heavy atom. The molecule has 0 bridgehead atoms. The second-order valence-electron chi connectivity index (χ2n) is 4.06. The Hall–Kier alpha value is -1.13. The van der Waals surface area contributed by atoms with Crippen LogP contribution in [0.4, 0.5) is 4.39 Å². The van der Waals surface area contributed by atoms with Gasteiger partial charge >= 0.3 is 5.97 Å². The van der Waals surface area contributed by atoms with Gasteiger partial charge in [0.05, 0.1) is 11.6 Å². The van der Waals surface area contributed by atoms with Crippen molar-refractivity contribution in [1.82, 2.24) is 5.32 Å². The average molecular weight is 258 g/mol. The molecule has 1 N–H and O–H groups in total. The standard InChI is InChI=1S/C12H13ClFNO2/c13-10-5-8(1-4-11(10)14)7-17-12(16)6-15-9-2-3-9/h1,4-5,9,15H,2-3,6-7H2. The van der Waals surface area contributed by atoms with Gasteiger partial charge in [0.1, 0.15) is 12.4 Å². The summed E-state index contributed by atoms with van der Waals surface area (Å²) in [6.45, 7) is 0.338. The van der Waals surface area contributed by atoms with Crippen LogP contribution in [0.15, 0.2) is 18.2 Å². The topological polar surface area (TPSA) is 38.3 Å². The number of ether oxygens (including phenoxy) is 1. The summed E-state index contributed by atoms with van der Waals surface area (Å²) in [6, 6.07) is 4.73. The molecule has 0 aromatic heterocycles. The highest BCUT2D eigenvalue weighted by Gasteiger charge is 2.21. The van der Waals surface area contributed by atoms with Crippen LogP contribution in [0.5, 0.6) is 0 Å². The van der Waals surface area contributed by atoms with Gasteiger partial charge in [-0.1, -0.05) is 17.7 Å². The molecule has 1 aliphatic carbocycles. The fourth-order valence-corrected chi connectivity index (χ4v) is 1.56. The molecule has 0 aliphatic heterocycles. The number of carbonyl (C=O) groups excluding carboxylic acids is 1. The van der Waals surface area contributed by atoms with Gasteiger partial charge in [-0.25, -0.2) is 4.39 Å². The lowest BCUT2D eigenvalue weighted by Gasteiger charge is -2.06. The van der Waals surface area contributed by atoms with Crippen LogP contribution < -0.4 is 5.32 Å². The van der Waals surface area contributed by atoms with Crippen molar-refractivity contribution in [2.75, 3.05) is 6.54 Å². The lowest BCUT2D eigenvalue weighted by Crippen LogP contribution is -2.26. The smallest absolute Gasteiger partial charge is 0.320 e. The van der Waals surface area contributed by atoms with Gasteiger partial charge in [0.15, 0.2) is 0 Å². The molecule has 1 aliphatic rings. The maximum atomic E-state index is 12.9. The molecule has 0 radical (unpaired) electrons. The summed E-state index contributed by atoms with van der Waals surface area (Å²) < 4.78 is 17.9. The van der Waals surface area contributed by atoms with Gasteiger partial charge in [-0.2, -0.15) is 0 Å². The Labute approximate surface area is 104 Å². The zero-order valence-electron chi connectivity index (χ0n) is 9.21. The van der Waals surface area contributed by atoms with E-state index in [2.05, 4.69) is 5.32 Å². The fourth-order valence-electron chi connectivity index (χ4n) is 1.36. The lowest BCUT2D eigenvalue weighted by atomic mass is 10.2. The number of esters is 1. The van der Waals surface area contributed by atoms with E-state index in [-0.39, 0.29) is 24.1 Å². The maximum Gasteiger partial charge on any atom is 0.320 e. The van der Waals surface area contributed by atoms with Crippen molar-refractivity contribution in [2.24, 2.45) is 0 Å². The van der Waals surface area contributed by atoms with Crippen LogP contribution in [0, 0.1) is 5.82 Å². The summed E-state index contributed by atoms with van der Waals surface area (Å²) in [5, 5.41) is 3.09. The Bertz CT molecular complexity index is 421. The minimum atomic E-state index is -0.475. The predicted octanol–water partition coefficient (Wildman–Crippen LogP) is 2.27. The molecule has 2 rings (SSSR count). The summed E-state index contributed by atoms with van der Waals surface area (Å²) in [5.41, 5.74) is 0.677. The van der Waals surface area contributed by atoms with Gasteiger partial charge in [0.2, 0.25) is 0 Å². The van der Waals surface area contributed by atoms with Crippen LogP contribution >= 0.6 is 11.6 Å². The Morgan fingerprint density at radius 2 is 2.29 bits per heavy atom.